The molecule has 4 rings (SSSR count). The van der Waals surface area contributed by atoms with E-state index in [4.69, 9.17) is 0 Å². The van der Waals surface area contributed by atoms with Crippen molar-refractivity contribution in [2.75, 3.05) is 23.3 Å². The van der Waals surface area contributed by atoms with Crippen molar-refractivity contribution < 1.29 is 0 Å². The Balaban J connectivity index is 1.40. The highest BCUT2D eigenvalue weighted by Gasteiger charge is 2.20. The molecule has 6 heteroatoms. The molecule has 0 aliphatic carbocycles. The Morgan fingerprint density at radius 1 is 1.12 bits per heavy atom. The first-order valence-corrected chi connectivity index (χ1v) is 8.70. The molecule has 3 heterocycles. The Labute approximate surface area is 147 Å². The molecule has 1 saturated heterocycles. The second kappa shape index (κ2) is 6.93. The van der Waals surface area contributed by atoms with Gasteiger partial charge in [-0.05, 0) is 38.0 Å². The normalized spacial score (nSPS) is 15.3. The second-order valence-electron chi connectivity index (χ2n) is 6.39. The number of H-pyrrole nitrogens is 1. The topological polar surface area (TPSA) is 69.7 Å². The van der Waals surface area contributed by atoms with E-state index >= 15 is 0 Å². The van der Waals surface area contributed by atoms with Crippen molar-refractivity contribution in [3.05, 3.63) is 54.5 Å². The maximum absolute atomic E-state index is 4.65. The molecule has 0 spiro atoms. The summed E-state index contributed by atoms with van der Waals surface area (Å²) in [5.74, 6) is 0.691. The molecular weight excluding hydrogens is 312 g/mol. The molecule has 128 valence electrons. The van der Waals surface area contributed by atoms with Crippen LogP contribution in [0, 0.1) is 6.92 Å². The number of aromatic nitrogens is 4. The monoisotopic (exact) mass is 334 g/mol. The molecule has 3 aromatic rings. The first-order valence-electron chi connectivity index (χ1n) is 8.70. The maximum atomic E-state index is 4.65. The van der Waals surface area contributed by atoms with E-state index in [9.17, 15) is 0 Å². The predicted octanol–water partition coefficient (Wildman–Crippen LogP) is 3.26. The highest BCUT2D eigenvalue weighted by molar-refractivity contribution is 5.61. The number of para-hydroxylation sites is 1. The predicted molar refractivity (Wildman–Crippen MR) is 99.7 cm³/mol. The Bertz CT molecular complexity index is 821. The van der Waals surface area contributed by atoms with Gasteiger partial charge in [-0.15, -0.1) is 0 Å². The number of piperidine rings is 1. The number of aromatic amines is 1. The Morgan fingerprint density at radius 3 is 2.64 bits per heavy atom. The molecule has 1 aromatic carbocycles. The first kappa shape index (κ1) is 15.6. The van der Waals surface area contributed by atoms with Crippen LogP contribution >= 0.6 is 0 Å². The molecule has 0 unspecified atom stereocenters. The number of rotatable bonds is 4. The van der Waals surface area contributed by atoms with Crippen LogP contribution in [0.3, 0.4) is 0 Å². The van der Waals surface area contributed by atoms with Gasteiger partial charge in [0.05, 0.1) is 11.4 Å². The molecule has 2 aromatic heterocycles. The lowest BCUT2D eigenvalue weighted by Crippen LogP contribution is -2.39. The molecule has 1 aliphatic heterocycles. The van der Waals surface area contributed by atoms with Gasteiger partial charge in [0.1, 0.15) is 0 Å². The Hall–Kier alpha value is -2.89. The minimum Gasteiger partial charge on any atom is -0.371 e. The molecule has 0 radical (unpaired) electrons. The van der Waals surface area contributed by atoms with Gasteiger partial charge in [0.15, 0.2) is 0 Å². The summed E-state index contributed by atoms with van der Waals surface area (Å²) < 4.78 is 0. The summed E-state index contributed by atoms with van der Waals surface area (Å²) in [7, 11) is 0. The van der Waals surface area contributed by atoms with E-state index in [-0.39, 0.29) is 0 Å². The standard InChI is InChI=1S/C19H22N6/c1-14-17(13-21-24-14)18-7-10-20-19(23-18)22-15-8-11-25(12-9-15)16-5-3-2-4-6-16/h2-7,10,13,15H,8-9,11-12H2,1H3,(H,21,24)(H,20,22,23). The van der Waals surface area contributed by atoms with E-state index in [2.05, 4.69) is 60.7 Å². The lowest BCUT2D eigenvalue weighted by atomic mass is 10.0. The third-order valence-electron chi connectivity index (χ3n) is 4.71. The van der Waals surface area contributed by atoms with Gasteiger partial charge in [-0.25, -0.2) is 9.97 Å². The zero-order valence-electron chi connectivity index (χ0n) is 14.3. The summed E-state index contributed by atoms with van der Waals surface area (Å²) >= 11 is 0. The van der Waals surface area contributed by atoms with Crippen LogP contribution in [0.2, 0.25) is 0 Å². The average Bonchev–Trinajstić information content (AvgIpc) is 3.09. The van der Waals surface area contributed by atoms with E-state index in [0.717, 1.165) is 42.9 Å². The van der Waals surface area contributed by atoms with E-state index in [0.29, 0.717) is 12.0 Å². The quantitative estimate of drug-likeness (QED) is 0.766. The summed E-state index contributed by atoms with van der Waals surface area (Å²) in [6, 6.07) is 12.9. The largest absolute Gasteiger partial charge is 0.371 e. The fourth-order valence-electron chi connectivity index (χ4n) is 3.30. The molecule has 0 amide bonds. The molecule has 2 N–H and O–H groups in total. The molecule has 6 nitrogen and oxygen atoms in total. The van der Waals surface area contributed by atoms with Gasteiger partial charge < -0.3 is 10.2 Å². The molecule has 0 saturated carbocycles. The third-order valence-corrected chi connectivity index (χ3v) is 4.71. The number of hydrogen-bond acceptors (Lipinski definition) is 5. The van der Waals surface area contributed by atoms with Crippen molar-refractivity contribution in [2.45, 2.75) is 25.8 Å². The highest BCUT2D eigenvalue weighted by Crippen LogP contribution is 2.23. The number of nitrogens with zero attached hydrogens (tertiary/aromatic N) is 4. The summed E-state index contributed by atoms with van der Waals surface area (Å²) in [6.07, 6.45) is 5.83. The number of benzene rings is 1. The summed E-state index contributed by atoms with van der Waals surface area (Å²) in [4.78, 5) is 11.5. The van der Waals surface area contributed by atoms with Crippen molar-refractivity contribution in [1.29, 1.82) is 0 Å². The Kier molecular flexibility index (Phi) is 4.33. The van der Waals surface area contributed by atoms with Gasteiger partial charge in [-0.1, -0.05) is 18.2 Å². The highest BCUT2D eigenvalue weighted by atomic mass is 15.2. The van der Waals surface area contributed by atoms with Gasteiger partial charge >= 0.3 is 0 Å². The van der Waals surface area contributed by atoms with Crippen LogP contribution in [0.1, 0.15) is 18.5 Å². The van der Waals surface area contributed by atoms with Crippen LogP contribution in [0.25, 0.3) is 11.3 Å². The van der Waals surface area contributed by atoms with Crippen LogP contribution in [0.4, 0.5) is 11.6 Å². The number of aryl methyl sites for hydroxylation is 1. The van der Waals surface area contributed by atoms with Gasteiger partial charge in [-0.3, -0.25) is 5.10 Å². The lowest BCUT2D eigenvalue weighted by Gasteiger charge is -2.34. The van der Waals surface area contributed by atoms with Crippen LogP contribution < -0.4 is 10.2 Å². The molecule has 0 atom stereocenters. The molecular formula is C19H22N6. The number of anilines is 2. The molecule has 25 heavy (non-hydrogen) atoms. The fourth-order valence-corrected chi connectivity index (χ4v) is 3.30. The minimum absolute atomic E-state index is 0.403. The summed E-state index contributed by atoms with van der Waals surface area (Å²) in [6.45, 7) is 4.06. The average molecular weight is 334 g/mol. The van der Waals surface area contributed by atoms with Crippen molar-refractivity contribution in [3.8, 4) is 11.3 Å². The first-order chi connectivity index (χ1) is 12.3. The van der Waals surface area contributed by atoms with Crippen molar-refractivity contribution in [2.24, 2.45) is 0 Å². The third kappa shape index (κ3) is 3.47. The van der Waals surface area contributed by atoms with E-state index < -0.39 is 0 Å². The van der Waals surface area contributed by atoms with Crippen LogP contribution in [-0.4, -0.2) is 39.3 Å². The van der Waals surface area contributed by atoms with Gasteiger partial charge in [-0.2, -0.15) is 5.10 Å². The van der Waals surface area contributed by atoms with Crippen molar-refractivity contribution in [1.82, 2.24) is 20.2 Å². The SMILES string of the molecule is Cc1n[nH]cc1-c1ccnc(NC2CCN(c3ccccc3)CC2)n1. The second-order valence-corrected chi connectivity index (χ2v) is 6.39. The van der Waals surface area contributed by atoms with Crippen LogP contribution in [0.15, 0.2) is 48.8 Å². The maximum Gasteiger partial charge on any atom is 0.223 e. The fraction of sp³-hybridized carbons (Fsp3) is 0.316. The molecule has 0 bridgehead atoms. The number of hydrogen-bond donors (Lipinski definition) is 2. The van der Waals surface area contributed by atoms with Crippen molar-refractivity contribution in [3.63, 3.8) is 0 Å². The zero-order chi connectivity index (χ0) is 17.1. The minimum atomic E-state index is 0.403. The van der Waals surface area contributed by atoms with Crippen LogP contribution in [0.5, 0.6) is 0 Å². The summed E-state index contributed by atoms with van der Waals surface area (Å²) in [5.41, 5.74) is 4.16. The summed E-state index contributed by atoms with van der Waals surface area (Å²) in [5, 5.41) is 10.5. The number of nitrogens with one attached hydrogen (secondary N) is 2. The smallest absolute Gasteiger partial charge is 0.223 e. The molecule has 1 aliphatic rings. The molecule has 1 fully saturated rings. The Morgan fingerprint density at radius 2 is 1.92 bits per heavy atom. The van der Waals surface area contributed by atoms with E-state index in [1.807, 2.05) is 19.2 Å². The lowest BCUT2D eigenvalue weighted by molar-refractivity contribution is 0.524. The van der Waals surface area contributed by atoms with E-state index in [1.54, 1.807) is 6.20 Å². The van der Waals surface area contributed by atoms with Crippen LogP contribution in [-0.2, 0) is 0 Å². The van der Waals surface area contributed by atoms with Gasteiger partial charge in [0, 0.05) is 42.8 Å². The zero-order valence-corrected chi connectivity index (χ0v) is 14.3. The van der Waals surface area contributed by atoms with Gasteiger partial charge in [0.25, 0.3) is 0 Å². The van der Waals surface area contributed by atoms with Crippen molar-refractivity contribution >= 4 is 11.6 Å². The van der Waals surface area contributed by atoms with Gasteiger partial charge in [0.2, 0.25) is 5.95 Å². The van der Waals surface area contributed by atoms with E-state index in [1.165, 1.54) is 5.69 Å².